The van der Waals surface area contributed by atoms with Gasteiger partial charge in [0, 0.05) is 7.05 Å². The van der Waals surface area contributed by atoms with Crippen LogP contribution in [0, 0.1) is 0 Å². The molecule has 0 aromatic heterocycles. The number of nitrogens with one attached hydrogen (secondary N) is 2. The molecule has 3 atom stereocenters. The van der Waals surface area contributed by atoms with Crippen LogP contribution in [-0.2, 0) is 38.8 Å². The third-order valence-electron chi connectivity index (χ3n) is 8.32. The van der Waals surface area contributed by atoms with Gasteiger partial charge in [0.1, 0.15) is 12.1 Å². The lowest BCUT2D eigenvalue weighted by Gasteiger charge is -2.52. The zero-order valence-corrected chi connectivity index (χ0v) is 26.0. The number of halogens is 6. The van der Waals surface area contributed by atoms with Gasteiger partial charge in [-0.15, -0.1) is 0 Å². The summed E-state index contributed by atoms with van der Waals surface area (Å²) in [6.45, 7) is 0.186. The lowest BCUT2D eigenvalue weighted by Crippen LogP contribution is -2.71. The normalized spacial score (nSPS) is 20.5. The molecule has 0 bridgehead atoms. The first-order valence-electron chi connectivity index (χ1n) is 14.8. The van der Waals surface area contributed by atoms with Crippen LogP contribution in [0.15, 0.2) is 78.9 Å². The standard InChI is InChI=1S/C33H34F6N4O5/c1-21(23-15-25(32(34,35)36)17-26(16-23)33(37,38)39)48-20-31(24-11-7-4-8-12-24)14-13-30(27(44)41-2,42-28(40)45)19-43(31)29(46)47-18-22-9-5-3-6-10-22/h3-12,15-17,21H,13-14,18-20H2,1-2H3,(H,41,44)(H3,40,42,45)/t21-,30?,31-/m1/s1. The van der Waals surface area contributed by atoms with E-state index in [4.69, 9.17) is 15.2 Å². The van der Waals surface area contributed by atoms with Crippen LogP contribution in [0.1, 0.15) is 53.7 Å². The molecule has 4 amide bonds. The number of likely N-dealkylation sites (tertiary alicyclic amines) is 1. The smallest absolute Gasteiger partial charge is 0.416 e. The molecule has 1 saturated heterocycles. The zero-order chi connectivity index (χ0) is 35.3. The predicted octanol–water partition coefficient (Wildman–Crippen LogP) is 6.28. The number of primary amides is 1. The van der Waals surface area contributed by atoms with Gasteiger partial charge in [-0.25, -0.2) is 9.59 Å². The van der Waals surface area contributed by atoms with E-state index >= 15 is 0 Å². The van der Waals surface area contributed by atoms with E-state index in [1.165, 1.54) is 18.9 Å². The van der Waals surface area contributed by atoms with Crippen LogP contribution in [0.3, 0.4) is 0 Å². The van der Waals surface area contributed by atoms with Crippen molar-refractivity contribution in [2.75, 3.05) is 20.2 Å². The molecule has 9 nitrogen and oxygen atoms in total. The van der Waals surface area contributed by atoms with E-state index in [9.17, 15) is 40.7 Å². The van der Waals surface area contributed by atoms with Crippen molar-refractivity contribution in [3.63, 3.8) is 0 Å². The second-order valence-electron chi connectivity index (χ2n) is 11.5. The van der Waals surface area contributed by atoms with E-state index < -0.39 is 77.4 Å². The minimum absolute atomic E-state index is 0.0252. The summed E-state index contributed by atoms with van der Waals surface area (Å²) in [6, 6.07) is 17.2. The molecule has 0 saturated carbocycles. The number of carbonyl (C=O) groups excluding carboxylic acids is 3. The van der Waals surface area contributed by atoms with Gasteiger partial charge in [-0.3, -0.25) is 9.69 Å². The summed E-state index contributed by atoms with van der Waals surface area (Å²) in [5.41, 5.74) is -0.0641. The molecule has 15 heteroatoms. The van der Waals surface area contributed by atoms with Gasteiger partial charge >= 0.3 is 24.5 Å². The van der Waals surface area contributed by atoms with Gasteiger partial charge in [0.25, 0.3) is 0 Å². The highest BCUT2D eigenvalue weighted by molar-refractivity contribution is 5.91. The molecule has 1 aliphatic heterocycles. The topological polar surface area (TPSA) is 123 Å². The predicted molar refractivity (Wildman–Crippen MR) is 161 cm³/mol. The number of nitrogens with two attached hydrogens (primary N) is 1. The average Bonchev–Trinajstić information content (AvgIpc) is 3.05. The van der Waals surface area contributed by atoms with Crippen molar-refractivity contribution < 1.29 is 50.2 Å². The number of ether oxygens (including phenoxy) is 2. The van der Waals surface area contributed by atoms with Crippen LogP contribution in [0.4, 0.5) is 35.9 Å². The van der Waals surface area contributed by atoms with Crippen molar-refractivity contribution in [3.8, 4) is 0 Å². The number of hydrogen-bond donors (Lipinski definition) is 3. The number of piperidine rings is 1. The monoisotopic (exact) mass is 680 g/mol. The third-order valence-corrected chi connectivity index (χ3v) is 8.32. The number of urea groups is 1. The van der Waals surface area contributed by atoms with Crippen LogP contribution in [0.25, 0.3) is 0 Å². The van der Waals surface area contributed by atoms with E-state index in [1.807, 2.05) is 0 Å². The number of nitrogens with zero attached hydrogens (tertiary/aromatic N) is 1. The summed E-state index contributed by atoms with van der Waals surface area (Å²) in [6.07, 6.45) is -12.6. The molecule has 1 unspecified atom stereocenters. The van der Waals surface area contributed by atoms with Crippen molar-refractivity contribution in [1.82, 2.24) is 15.5 Å². The molecule has 0 aliphatic carbocycles. The van der Waals surface area contributed by atoms with E-state index in [-0.39, 0.29) is 25.5 Å². The maximum Gasteiger partial charge on any atom is 0.416 e. The van der Waals surface area contributed by atoms with Crippen molar-refractivity contribution >= 4 is 18.0 Å². The van der Waals surface area contributed by atoms with Crippen LogP contribution in [0.5, 0.6) is 0 Å². The Morgan fingerprint density at radius 3 is 1.98 bits per heavy atom. The highest BCUT2D eigenvalue weighted by Crippen LogP contribution is 2.44. The first-order valence-corrected chi connectivity index (χ1v) is 14.8. The van der Waals surface area contributed by atoms with Gasteiger partial charge in [-0.05, 0) is 54.7 Å². The maximum absolute atomic E-state index is 14.0. The Kier molecular flexibility index (Phi) is 10.6. The van der Waals surface area contributed by atoms with Crippen molar-refractivity contribution in [3.05, 3.63) is 107 Å². The molecule has 4 N–H and O–H groups in total. The second kappa shape index (κ2) is 14.1. The van der Waals surface area contributed by atoms with E-state index in [0.29, 0.717) is 23.3 Å². The molecule has 4 rings (SSSR count). The number of hydrogen-bond acceptors (Lipinski definition) is 5. The molecule has 258 valence electrons. The third kappa shape index (κ3) is 8.01. The Hall–Kier alpha value is -4.79. The Bertz CT molecular complexity index is 1570. The fraction of sp³-hybridized carbons (Fsp3) is 0.364. The SMILES string of the molecule is CNC(=O)C1(NC(N)=O)CC[C@@](CO[C@H](C)c2cc(C(F)(F)F)cc(C(F)(F)F)c2)(c2ccccc2)N(C(=O)OCc2ccccc2)C1. The molecule has 48 heavy (non-hydrogen) atoms. The second-order valence-corrected chi connectivity index (χ2v) is 11.5. The molecule has 1 aliphatic rings. The fourth-order valence-electron chi connectivity index (χ4n) is 5.77. The summed E-state index contributed by atoms with van der Waals surface area (Å²) >= 11 is 0. The van der Waals surface area contributed by atoms with E-state index in [2.05, 4.69) is 10.6 Å². The van der Waals surface area contributed by atoms with Gasteiger partial charge in [0.05, 0.1) is 35.9 Å². The van der Waals surface area contributed by atoms with Gasteiger partial charge in [0.15, 0.2) is 0 Å². The summed E-state index contributed by atoms with van der Waals surface area (Å²) < 4.78 is 93.4. The zero-order valence-electron chi connectivity index (χ0n) is 26.0. The van der Waals surface area contributed by atoms with Crippen LogP contribution < -0.4 is 16.4 Å². The first-order chi connectivity index (χ1) is 22.5. The fourth-order valence-corrected chi connectivity index (χ4v) is 5.77. The lowest BCUT2D eigenvalue weighted by atomic mass is 9.74. The van der Waals surface area contributed by atoms with Crippen molar-refractivity contribution in [1.29, 1.82) is 0 Å². The van der Waals surface area contributed by atoms with Gasteiger partial charge in [-0.2, -0.15) is 26.3 Å². The summed E-state index contributed by atoms with van der Waals surface area (Å²) in [4.78, 5) is 40.5. The first kappa shape index (κ1) is 36.1. The molecular formula is C33H34F6N4O5. The number of likely N-dealkylation sites (N-methyl/N-ethyl adjacent to an activating group) is 1. The summed E-state index contributed by atoms with van der Waals surface area (Å²) in [5.74, 6) is -0.665. The van der Waals surface area contributed by atoms with Gasteiger partial charge < -0.3 is 25.8 Å². The molecule has 3 aromatic rings. The van der Waals surface area contributed by atoms with Crippen LogP contribution >= 0.6 is 0 Å². The molecule has 0 radical (unpaired) electrons. The average molecular weight is 681 g/mol. The number of amides is 4. The molecule has 1 fully saturated rings. The van der Waals surface area contributed by atoms with Gasteiger partial charge in [-0.1, -0.05) is 60.7 Å². The van der Waals surface area contributed by atoms with Crippen LogP contribution in [-0.4, -0.2) is 48.7 Å². The number of carbonyl (C=O) groups is 3. The summed E-state index contributed by atoms with van der Waals surface area (Å²) in [5, 5.41) is 4.92. The van der Waals surface area contributed by atoms with E-state index in [1.54, 1.807) is 60.7 Å². The molecular weight excluding hydrogens is 646 g/mol. The minimum Gasteiger partial charge on any atom is -0.445 e. The minimum atomic E-state index is -5.07. The van der Waals surface area contributed by atoms with E-state index in [0.717, 1.165) is 0 Å². The highest BCUT2D eigenvalue weighted by Gasteiger charge is 2.55. The lowest BCUT2D eigenvalue weighted by molar-refractivity contribution is -0.143. The Morgan fingerprint density at radius 1 is 0.896 bits per heavy atom. The Labute approximate surface area is 272 Å². The highest BCUT2D eigenvalue weighted by atomic mass is 19.4. The van der Waals surface area contributed by atoms with Crippen molar-refractivity contribution in [2.24, 2.45) is 5.73 Å². The number of benzene rings is 3. The van der Waals surface area contributed by atoms with Crippen molar-refractivity contribution in [2.45, 2.75) is 55.9 Å². The Morgan fingerprint density at radius 2 is 1.46 bits per heavy atom. The maximum atomic E-state index is 14.0. The Balaban J connectivity index is 1.78. The summed E-state index contributed by atoms with van der Waals surface area (Å²) in [7, 11) is 1.33. The van der Waals surface area contributed by atoms with Crippen LogP contribution in [0.2, 0.25) is 0 Å². The molecule has 3 aromatic carbocycles. The number of alkyl halides is 6. The van der Waals surface area contributed by atoms with Gasteiger partial charge in [0.2, 0.25) is 5.91 Å². The largest absolute Gasteiger partial charge is 0.445 e. The number of rotatable bonds is 9. The molecule has 0 spiro atoms. The molecule has 1 heterocycles. The quantitative estimate of drug-likeness (QED) is 0.230.